The Morgan fingerprint density at radius 3 is 2.06 bits per heavy atom. The van der Waals surface area contributed by atoms with Crippen molar-refractivity contribution in [3.63, 3.8) is 0 Å². The van der Waals surface area contributed by atoms with Crippen LogP contribution in [0.25, 0.3) is 0 Å². The number of benzene rings is 3. The van der Waals surface area contributed by atoms with E-state index in [-0.39, 0.29) is 0 Å². The molecule has 0 aliphatic carbocycles. The monoisotopic (exact) mass is 500 g/mol. The Kier molecular flexibility index (Phi) is 8.14. The molecule has 0 heterocycles. The van der Waals surface area contributed by atoms with Crippen molar-refractivity contribution >= 4 is 38.9 Å². The molecule has 0 atom stereocenters. The smallest absolute Gasteiger partial charge is 0.174 e. The van der Waals surface area contributed by atoms with Crippen LogP contribution in [-0.2, 0) is 13.1 Å². The van der Waals surface area contributed by atoms with Gasteiger partial charge in [-0.25, -0.2) is 0 Å². The van der Waals surface area contributed by atoms with E-state index in [1.807, 2.05) is 54.6 Å². The number of nitrogens with zero attached hydrogens (tertiary/aromatic N) is 1. The van der Waals surface area contributed by atoms with Gasteiger partial charge in [0.2, 0.25) is 0 Å². The molecule has 31 heavy (non-hydrogen) atoms. The standard InChI is InChI=1S/C24H25BrN2O3S/c1-28-21-14-23(30-3)22(29-2)13-18(21)16-27(15-17-7-5-4-6-8-17)24(31)26-20-11-9-19(25)10-12-20/h4-14H,15-16H2,1-3H3,(H,26,31). The van der Waals surface area contributed by atoms with Gasteiger partial charge in [-0.05, 0) is 48.1 Å². The molecular formula is C24H25BrN2O3S. The minimum Gasteiger partial charge on any atom is -0.496 e. The Hall–Kier alpha value is -2.77. The van der Waals surface area contributed by atoms with Crippen molar-refractivity contribution in [2.45, 2.75) is 13.1 Å². The highest BCUT2D eigenvalue weighted by Gasteiger charge is 2.17. The second-order valence-corrected chi connectivity index (χ2v) is 8.10. The minimum absolute atomic E-state index is 0.529. The third kappa shape index (κ3) is 6.12. The van der Waals surface area contributed by atoms with Crippen molar-refractivity contribution < 1.29 is 14.2 Å². The van der Waals surface area contributed by atoms with E-state index in [2.05, 4.69) is 38.3 Å². The normalized spacial score (nSPS) is 10.3. The summed E-state index contributed by atoms with van der Waals surface area (Å²) in [6.45, 7) is 1.17. The summed E-state index contributed by atoms with van der Waals surface area (Å²) < 4.78 is 17.5. The maximum absolute atomic E-state index is 5.78. The zero-order chi connectivity index (χ0) is 22.2. The topological polar surface area (TPSA) is 43.0 Å². The fourth-order valence-electron chi connectivity index (χ4n) is 3.16. The molecule has 0 aliphatic rings. The third-order valence-corrected chi connectivity index (χ3v) is 5.64. The first-order chi connectivity index (χ1) is 15.0. The van der Waals surface area contributed by atoms with Gasteiger partial charge in [0.05, 0.1) is 21.3 Å². The summed E-state index contributed by atoms with van der Waals surface area (Å²) >= 11 is 9.25. The van der Waals surface area contributed by atoms with Gasteiger partial charge >= 0.3 is 0 Å². The number of ether oxygens (including phenoxy) is 3. The largest absolute Gasteiger partial charge is 0.496 e. The third-order valence-electron chi connectivity index (χ3n) is 4.75. The molecule has 162 valence electrons. The van der Waals surface area contributed by atoms with Crippen LogP contribution in [0.3, 0.4) is 0 Å². The second kappa shape index (κ2) is 11.0. The lowest BCUT2D eigenvalue weighted by molar-refractivity contribution is 0.342. The SMILES string of the molecule is COc1cc(OC)c(OC)cc1CN(Cc1ccccc1)C(=S)Nc1ccc(Br)cc1. The van der Waals surface area contributed by atoms with Gasteiger partial charge in [-0.3, -0.25) is 0 Å². The fraction of sp³-hybridized carbons (Fsp3) is 0.208. The quantitative estimate of drug-likeness (QED) is 0.390. The van der Waals surface area contributed by atoms with E-state index in [0.717, 1.165) is 21.3 Å². The van der Waals surface area contributed by atoms with Crippen LogP contribution in [0.1, 0.15) is 11.1 Å². The van der Waals surface area contributed by atoms with Crippen LogP contribution >= 0.6 is 28.1 Å². The zero-order valence-corrected chi connectivity index (χ0v) is 20.1. The molecule has 0 spiro atoms. The molecule has 0 aromatic heterocycles. The molecule has 7 heteroatoms. The number of halogens is 1. The van der Waals surface area contributed by atoms with Crippen LogP contribution < -0.4 is 19.5 Å². The number of thiocarbonyl (C=S) groups is 1. The number of rotatable bonds is 8. The van der Waals surface area contributed by atoms with E-state index in [1.54, 1.807) is 21.3 Å². The molecule has 3 rings (SSSR count). The van der Waals surface area contributed by atoms with E-state index >= 15 is 0 Å². The molecule has 0 aliphatic heterocycles. The molecule has 0 saturated heterocycles. The van der Waals surface area contributed by atoms with Crippen LogP contribution in [-0.4, -0.2) is 31.3 Å². The van der Waals surface area contributed by atoms with E-state index in [0.29, 0.717) is 35.5 Å². The van der Waals surface area contributed by atoms with Gasteiger partial charge in [0.25, 0.3) is 0 Å². The first-order valence-electron chi connectivity index (χ1n) is 9.68. The molecular weight excluding hydrogens is 476 g/mol. The van der Waals surface area contributed by atoms with Gasteiger partial charge in [0.15, 0.2) is 16.6 Å². The molecule has 1 N–H and O–H groups in total. The van der Waals surface area contributed by atoms with Gasteiger partial charge in [-0.1, -0.05) is 46.3 Å². The molecule has 3 aromatic carbocycles. The number of hydrogen-bond acceptors (Lipinski definition) is 4. The summed E-state index contributed by atoms with van der Waals surface area (Å²) in [4.78, 5) is 2.09. The second-order valence-electron chi connectivity index (χ2n) is 6.80. The van der Waals surface area contributed by atoms with Gasteiger partial charge in [-0.2, -0.15) is 0 Å². The lowest BCUT2D eigenvalue weighted by atomic mass is 10.1. The molecule has 3 aromatic rings. The Bertz CT molecular complexity index is 1010. The van der Waals surface area contributed by atoms with Crippen molar-refractivity contribution in [3.05, 3.63) is 82.3 Å². The van der Waals surface area contributed by atoms with Crippen molar-refractivity contribution in [2.75, 3.05) is 26.6 Å². The van der Waals surface area contributed by atoms with E-state index in [4.69, 9.17) is 26.4 Å². The predicted molar refractivity (Wildman–Crippen MR) is 132 cm³/mol. The highest BCUT2D eigenvalue weighted by Crippen LogP contribution is 2.35. The summed E-state index contributed by atoms with van der Waals surface area (Å²) in [6, 6.07) is 21.9. The average Bonchev–Trinajstić information content (AvgIpc) is 2.80. The molecule has 0 amide bonds. The lowest BCUT2D eigenvalue weighted by Gasteiger charge is -2.27. The Labute approximate surface area is 197 Å². The van der Waals surface area contributed by atoms with E-state index in [9.17, 15) is 0 Å². The van der Waals surface area contributed by atoms with Crippen molar-refractivity contribution in [2.24, 2.45) is 0 Å². The number of methoxy groups -OCH3 is 3. The lowest BCUT2D eigenvalue weighted by Crippen LogP contribution is -2.34. The summed E-state index contributed by atoms with van der Waals surface area (Å²) in [5.41, 5.74) is 3.02. The Balaban J connectivity index is 1.90. The summed E-state index contributed by atoms with van der Waals surface area (Å²) in [5.74, 6) is 1.97. The molecule has 0 unspecified atom stereocenters. The van der Waals surface area contributed by atoms with Crippen molar-refractivity contribution in [1.82, 2.24) is 4.90 Å². The highest BCUT2D eigenvalue weighted by molar-refractivity contribution is 9.10. The zero-order valence-electron chi connectivity index (χ0n) is 17.7. The summed E-state index contributed by atoms with van der Waals surface area (Å²) in [6.07, 6.45) is 0. The van der Waals surface area contributed by atoms with Gasteiger partial charge in [0.1, 0.15) is 5.75 Å². The van der Waals surface area contributed by atoms with Gasteiger partial charge < -0.3 is 24.4 Å². The molecule has 0 radical (unpaired) electrons. The minimum atomic E-state index is 0.529. The van der Waals surface area contributed by atoms with Crippen LogP contribution in [0, 0.1) is 0 Å². The number of anilines is 1. The number of hydrogen-bond donors (Lipinski definition) is 1. The van der Waals surface area contributed by atoms with Gasteiger partial charge in [-0.15, -0.1) is 0 Å². The highest BCUT2D eigenvalue weighted by atomic mass is 79.9. The van der Waals surface area contributed by atoms with Crippen molar-refractivity contribution in [1.29, 1.82) is 0 Å². The van der Waals surface area contributed by atoms with Crippen LogP contribution in [0.15, 0.2) is 71.2 Å². The number of nitrogens with one attached hydrogen (secondary N) is 1. The maximum atomic E-state index is 5.78. The van der Waals surface area contributed by atoms with Crippen LogP contribution in [0.2, 0.25) is 0 Å². The van der Waals surface area contributed by atoms with E-state index < -0.39 is 0 Å². The summed E-state index contributed by atoms with van der Waals surface area (Å²) in [5, 5.41) is 3.95. The van der Waals surface area contributed by atoms with Crippen LogP contribution in [0.4, 0.5) is 5.69 Å². The molecule has 0 bridgehead atoms. The fourth-order valence-corrected chi connectivity index (χ4v) is 3.67. The summed E-state index contributed by atoms with van der Waals surface area (Å²) in [7, 11) is 4.87. The average molecular weight is 501 g/mol. The Morgan fingerprint density at radius 1 is 0.839 bits per heavy atom. The molecule has 0 saturated carbocycles. The van der Waals surface area contributed by atoms with Crippen molar-refractivity contribution in [3.8, 4) is 17.2 Å². The Morgan fingerprint density at radius 2 is 1.45 bits per heavy atom. The maximum Gasteiger partial charge on any atom is 0.174 e. The van der Waals surface area contributed by atoms with Gasteiger partial charge in [0, 0.05) is 34.9 Å². The molecule has 0 fully saturated rings. The van der Waals surface area contributed by atoms with Crippen LogP contribution in [0.5, 0.6) is 17.2 Å². The first kappa shape index (κ1) is 22.9. The first-order valence-corrected chi connectivity index (χ1v) is 10.9. The van der Waals surface area contributed by atoms with E-state index in [1.165, 1.54) is 0 Å². The molecule has 5 nitrogen and oxygen atoms in total. The predicted octanol–water partition coefficient (Wildman–Crippen LogP) is 5.87.